The summed E-state index contributed by atoms with van der Waals surface area (Å²) in [5, 5.41) is 0. The van der Waals surface area contributed by atoms with Gasteiger partial charge < -0.3 is 0 Å². The fourth-order valence-electron chi connectivity index (χ4n) is 4.92. The third-order valence-corrected chi connectivity index (χ3v) is 6.67. The van der Waals surface area contributed by atoms with Gasteiger partial charge in [-0.1, -0.05) is 69.8 Å². The first-order chi connectivity index (χ1) is 13.2. The maximum atomic E-state index is 12.5. The zero-order valence-corrected chi connectivity index (χ0v) is 18.0. The van der Waals surface area contributed by atoms with Crippen molar-refractivity contribution in [3.8, 4) is 0 Å². The van der Waals surface area contributed by atoms with Crippen molar-refractivity contribution in [3.05, 3.63) is 24.3 Å². The van der Waals surface area contributed by atoms with E-state index in [1.54, 1.807) is 0 Å². The van der Waals surface area contributed by atoms with E-state index in [0.29, 0.717) is 23.8 Å². The first-order valence-corrected chi connectivity index (χ1v) is 11.8. The van der Waals surface area contributed by atoms with Gasteiger partial charge in [-0.15, -0.1) is 0 Å². The summed E-state index contributed by atoms with van der Waals surface area (Å²) in [6.07, 6.45) is 27.6. The monoisotopic (exact) mass is 373 g/mol. The van der Waals surface area contributed by atoms with E-state index in [9.17, 15) is 4.79 Å². The van der Waals surface area contributed by atoms with Gasteiger partial charge in [-0.2, -0.15) is 0 Å². The molecule has 0 aromatic rings. The number of unbranched alkanes of at least 4 members (excludes halogenated alkanes) is 6. The summed E-state index contributed by atoms with van der Waals surface area (Å²) in [4.78, 5) is 15.0. The van der Waals surface area contributed by atoms with E-state index in [4.69, 9.17) is 0 Å². The van der Waals surface area contributed by atoms with Gasteiger partial charge in [0, 0.05) is 24.4 Å². The molecule has 0 bridgehead atoms. The predicted molar refractivity (Wildman–Crippen MR) is 117 cm³/mol. The molecule has 1 aliphatic heterocycles. The second-order valence-electron chi connectivity index (χ2n) is 8.76. The second kappa shape index (κ2) is 13.3. The number of piperidine rings is 1. The molecule has 0 amide bonds. The highest BCUT2D eigenvalue weighted by Gasteiger charge is 2.40. The van der Waals surface area contributed by atoms with Gasteiger partial charge in [0.05, 0.1) is 0 Å². The van der Waals surface area contributed by atoms with E-state index in [1.165, 1.54) is 77.0 Å². The topological polar surface area (TPSA) is 20.3 Å². The third kappa shape index (κ3) is 7.94. The van der Waals surface area contributed by atoms with Gasteiger partial charge in [-0.05, 0) is 58.4 Å². The lowest BCUT2D eigenvalue weighted by Gasteiger charge is -2.46. The molecule has 0 N–H and O–H groups in total. The molecule has 2 rings (SSSR count). The molecule has 1 aliphatic carbocycles. The molecule has 2 aliphatic rings. The lowest BCUT2D eigenvalue weighted by Crippen LogP contribution is -2.53. The summed E-state index contributed by atoms with van der Waals surface area (Å²) < 4.78 is 0. The van der Waals surface area contributed by atoms with Gasteiger partial charge in [0.2, 0.25) is 0 Å². The molecular formula is C25H43NO. The zero-order chi connectivity index (χ0) is 19.3. The predicted octanol–water partition coefficient (Wildman–Crippen LogP) is 6.85. The van der Waals surface area contributed by atoms with Crippen LogP contribution in [0, 0.1) is 5.92 Å². The van der Waals surface area contributed by atoms with Crippen molar-refractivity contribution < 1.29 is 4.79 Å². The Hall–Kier alpha value is -0.890. The van der Waals surface area contributed by atoms with Crippen LogP contribution in [0.4, 0.5) is 0 Å². The highest BCUT2D eigenvalue weighted by atomic mass is 16.1. The van der Waals surface area contributed by atoms with Crippen molar-refractivity contribution in [2.75, 3.05) is 7.05 Å². The third-order valence-electron chi connectivity index (χ3n) is 6.67. The Kier molecular flexibility index (Phi) is 11.0. The van der Waals surface area contributed by atoms with Crippen LogP contribution in [-0.4, -0.2) is 29.8 Å². The van der Waals surface area contributed by atoms with Crippen LogP contribution in [0.3, 0.4) is 0 Å². The molecule has 2 heteroatoms. The van der Waals surface area contributed by atoms with Crippen LogP contribution in [0.1, 0.15) is 103 Å². The molecule has 0 aromatic carbocycles. The lowest BCUT2D eigenvalue weighted by atomic mass is 9.75. The van der Waals surface area contributed by atoms with Gasteiger partial charge >= 0.3 is 0 Å². The van der Waals surface area contributed by atoms with Gasteiger partial charge in [-0.3, -0.25) is 9.69 Å². The van der Waals surface area contributed by atoms with Crippen LogP contribution in [0.2, 0.25) is 0 Å². The molecule has 1 saturated carbocycles. The Morgan fingerprint density at radius 1 is 0.926 bits per heavy atom. The molecule has 2 nitrogen and oxygen atoms in total. The molecule has 1 heterocycles. The van der Waals surface area contributed by atoms with Crippen LogP contribution >= 0.6 is 0 Å². The molecule has 154 valence electrons. The lowest BCUT2D eigenvalue weighted by molar-refractivity contribution is -0.133. The summed E-state index contributed by atoms with van der Waals surface area (Å²) in [6, 6.07) is 1.05. The fraction of sp³-hybridized carbons (Fsp3) is 0.800. The molecule has 0 unspecified atom stereocenters. The Balaban J connectivity index is 1.51. The van der Waals surface area contributed by atoms with Crippen molar-refractivity contribution in [2.45, 2.75) is 115 Å². The SMILES string of the molecule is CCCCC/C=C\C/C=C\CCCCC[C@@H]1CC(=O)[C@H]2CCCC[C@H]2N1C. The minimum Gasteiger partial charge on any atom is -0.299 e. The first-order valence-electron chi connectivity index (χ1n) is 11.8. The van der Waals surface area contributed by atoms with Crippen molar-refractivity contribution in [2.24, 2.45) is 5.92 Å². The van der Waals surface area contributed by atoms with E-state index in [0.717, 1.165) is 19.3 Å². The smallest absolute Gasteiger partial charge is 0.139 e. The molecule has 0 spiro atoms. The van der Waals surface area contributed by atoms with Gasteiger partial charge in [0.25, 0.3) is 0 Å². The average Bonchev–Trinajstić information content (AvgIpc) is 2.69. The number of ketones is 1. The van der Waals surface area contributed by atoms with Gasteiger partial charge in [0.15, 0.2) is 0 Å². The van der Waals surface area contributed by atoms with Crippen molar-refractivity contribution >= 4 is 5.78 Å². The molecular weight excluding hydrogens is 330 g/mol. The number of nitrogens with zero attached hydrogens (tertiary/aromatic N) is 1. The number of carbonyl (C=O) groups is 1. The Bertz CT molecular complexity index is 467. The van der Waals surface area contributed by atoms with Crippen molar-refractivity contribution in [1.82, 2.24) is 4.90 Å². The Morgan fingerprint density at radius 3 is 2.37 bits per heavy atom. The van der Waals surface area contributed by atoms with Crippen LogP contribution in [-0.2, 0) is 4.79 Å². The molecule has 27 heavy (non-hydrogen) atoms. The number of carbonyl (C=O) groups excluding carboxylic acids is 1. The number of hydrogen-bond donors (Lipinski definition) is 0. The molecule has 1 saturated heterocycles. The molecule has 0 radical (unpaired) electrons. The Morgan fingerprint density at radius 2 is 1.63 bits per heavy atom. The van der Waals surface area contributed by atoms with Gasteiger partial charge in [0.1, 0.15) is 5.78 Å². The summed E-state index contributed by atoms with van der Waals surface area (Å²) in [5.41, 5.74) is 0. The summed E-state index contributed by atoms with van der Waals surface area (Å²) in [7, 11) is 2.28. The highest BCUT2D eigenvalue weighted by Crippen LogP contribution is 2.36. The number of allylic oxidation sites excluding steroid dienone is 4. The summed E-state index contributed by atoms with van der Waals surface area (Å²) in [6.45, 7) is 2.26. The average molecular weight is 374 g/mol. The number of hydrogen-bond acceptors (Lipinski definition) is 2. The van der Waals surface area contributed by atoms with Crippen molar-refractivity contribution in [1.29, 1.82) is 0 Å². The summed E-state index contributed by atoms with van der Waals surface area (Å²) in [5.74, 6) is 0.916. The minimum atomic E-state index is 0.353. The number of likely N-dealkylation sites (tertiary alicyclic amines) is 1. The summed E-state index contributed by atoms with van der Waals surface area (Å²) >= 11 is 0. The minimum absolute atomic E-state index is 0.353. The van der Waals surface area contributed by atoms with E-state index in [1.807, 2.05) is 0 Å². The quantitative estimate of drug-likeness (QED) is 0.275. The first kappa shape index (κ1) is 22.4. The number of Topliss-reactive ketones (excluding diaryl/α,β-unsaturated/α-hetero) is 1. The van der Waals surface area contributed by atoms with E-state index >= 15 is 0 Å². The largest absolute Gasteiger partial charge is 0.299 e. The second-order valence-corrected chi connectivity index (χ2v) is 8.76. The van der Waals surface area contributed by atoms with Crippen LogP contribution in [0.25, 0.3) is 0 Å². The van der Waals surface area contributed by atoms with Crippen molar-refractivity contribution in [3.63, 3.8) is 0 Å². The van der Waals surface area contributed by atoms with Crippen LogP contribution in [0.15, 0.2) is 24.3 Å². The maximum absolute atomic E-state index is 12.5. The molecule has 0 aromatic heterocycles. The zero-order valence-electron chi connectivity index (χ0n) is 18.0. The van der Waals surface area contributed by atoms with E-state index in [2.05, 4.69) is 43.2 Å². The van der Waals surface area contributed by atoms with E-state index in [-0.39, 0.29) is 0 Å². The highest BCUT2D eigenvalue weighted by molar-refractivity contribution is 5.83. The van der Waals surface area contributed by atoms with Crippen LogP contribution < -0.4 is 0 Å². The molecule has 2 fully saturated rings. The van der Waals surface area contributed by atoms with E-state index < -0.39 is 0 Å². The number of fused-ring (bicyclic) bond motifs is 1. The Labute approximate surface area is 168 Å². The standard InChI is InChI=1S/C25H43NO/c1-3-4-5-6-7-8-9-10-11-12-13-14-15-18-22-21-25(27)23-19-16-17-20-24(23)26(22)2/h7-8,10-11,22-24H,3-6,9,12-21H2,1-2H3/b8-7-,11-10-/t22-,23+,24-/m1/s1. The van der Waals surface area contributed by atoms with Gasteiger partial charge in [-0.25, -0.2) is 0 Å². The normalized spacial score (nSPS) is 26.9. The number of rotatable bonds is 12. The fourth-order valence-corrected chi connectivity index (χ4v) is 4.92. The maximum Gasteiger partial charge on any atom is 0.139 e. The van der Waals surface area contributed by atoms with Crippen LogP contribution in [0.5, 0.6) is 0 Å². The molecule has 3 atom stereocenters.